The van der Waals surface area contributed by atoms with Gasteiger partial charge in [-0.3, -0.25) is 4.79 Å². The first-order chi connectivity index (χ1) is 17.0. The fourth-order valence-electron chi connectivity index (χ4n) is 4.71. The van der Waals surface area contributed by atoms with E-state index in [0.29, 0.717) is 23.9 Å². The molecule has 7 nitrogen and oxygen atoms in total. The Morgan fingerprint density at radius 1 is 1.17 bits per heavy atom. The van der Waals surface area contributed by atoms with Crippen LogP contribution in [0.5, 0.6) is 11.5 Å². The molecule has 35 heavy (non-hydrogen) atoms. The molecule has 1 saturated heterocycles. The Kier molecular flexibility index (Phi) is 7.86. The van der Waals surface area contributed by atoms with Gasteiger partial charge in [0.2, 0.25) is 0 Å². The fraction of sp³-hybridized carbons (Fsp3) is 0.357. The Bertz CT molecular complexity index is 1240. The van der Waals surface area contributed by atoms with Crippen molar-refractivity contribution < 1.29 is 14.6 Å². The zero-order valence-electron chi connectivity index (χ0n) is 20.2. The van der Waals surface area contributed by atoms with Gasteiger partial charge >= 0.3 is 0 Å². The van der Waals surface area contributed by atoms with Gasteiger partial charge in [-0.25, -0.2) is 0 Å². The number of β-amino-alcohol motifs (C(OH)–C–C–N with tert-alkyl or cyclic N) is 1. The van der Waals surface area contributed by atoms with Gasteiger partial charge in [0, 0.05) is 17.8 Å². The molecule has 3 aromatic rings. The number of benzene rings is 2. The number of hydrogen-bond acceptors (Lipinski definition) is 6. The Labute approximate surface area is 205 Å². The highest BCUT2D eigenvalue weighted by atomic mass is 16.5. The minimum Gasteiger partial charge on any atom is -0.496 e. The second kappa shape index (κ2) is 11.2. The SMILES string of the molecule is COc1ccccc1C1CCN(C[C@@H](O)COc2ccc(-c3cc(C#N)c(=O)[nH]c3C)cc2)CC1. The second-order valence-corrected chi connectivity index (χ2v) is 8.97. The van der Waals surface area contributed by atoms with Crippen molar-refractivity contribution in [1.82, 2.24) is 9.88 Å². The summed E-state index contributed by atoms with van der Waals surface area (Å²) in [5, 5.41) is 19.7. The molecule has 0 saturated carbocycles. The van der Waals surface area contributed by atoms with Crippen LogP contribution in [0.3, 0.4) is 0 Å². The van der Waals surface area contributed by atoms with E-state index in [0.717, 1.165) is 42.8 Å². The van der Waals surface area contributed by atoms with Gasteiger partial charge in [0.25, 0.3) is 5.56 Å². The third-order valence-electron chi connectivity index (χ3n) is 6.60. The van der Waals surface area contributed by atoms with Crippen LogP contribution >= 0.6 is 0 Å². The molecule has 1 atom stereocenters. The van der Waals surface area contributed by atoms with Crippen LogP contribution in [0.1, 0.15) is 35.6 Å². The van der Waals surface area contributed by atoms with E-state index < -0.39 is 6.10 Å². The third kappa shape index (κ3) is 5.91. The summed E-state index contributed by atoms with van der Waals surface area (Å²) >= 11 is 0. The quantitative estimate of drug-likeness (QED) is 0.516. The molecule has 7 heteroatoms. The maximum absolute atomic E-state index is 11.8. The Morgan fingerprint density at radius 2 is 1.89 bits per heavy atom. The normalized spacial score (nSPS) is 15.4. The number of rotatable bonds is 8. The summed E-state index contributed by atoms with van der Waals surface area (Å²) in [5.41, 5.74) is 3.34. The minimum atomic E-state index is -0.586. The molecule has 1 aromatic heterocycles. The van der Waals surface area contributed by atoms with E-state index >= 15 is 0 Å². The molecule has 2 heterocycles. The number of H-pyrrole nitrogens is 1. The van der Waals surface area contributed by atoms with E-state index in [2.05, 4.69) is 22.0 Å². The number of methoxy groups -OCH3 is 1. The molecule has 182 valence electrons. The van der Waals surface area contributed by atoms with E-state index in [9.17, 15) is 9.90 Å². The zero-order valence-corrected chi connectivity index (χ0v) is 20.2. The number of ether oxygens (including phenoxy) is 2. The number of likely N-dealkylation sites (tertiary alicyclic amines) is 1. The van der Waals surface area contributed by atoms with Gasteiger partial charge in [0.05, 0.1) is 7.11 Å². The Morgan fingerprint density at radius 3 is 2.57 bits per heavy atom. The Hall–Kier alpha value is -3.60. The highest BCUT2D eigenvalue weighted by Gasteiger charge is 2.24. The lowest BCUT2D eigenvalue weighted by Crippen LogP contribution is -2.40. The number of aryl methyl sites for hydroxylation is 1. The van der Waals surface area contributed by atoms with Crippen LogP contribution in [0.25, 0.3) is 11.1 Å². The number of pyridine rings is 1. The summed E-state index contributed by atoms with van der Waals surface area (Å²) < 4.78 is 11.3. The molecular weight excluding hydrogens is 442 g/mol. The molecule has 0 amide bonds. The zero-order chi connectivity index (χ0) is 24.8. The third-order valence-corrected chi connectivity index (χ3v) is 6.60. The molecule has 1 aliphatic heterocycles. The minimum absolute atomic E-state index is 0.0842. The van der Waals surface area contributed by atoms with Crippen molar-refractivity contribution in [3.63, 3.8) is 0 Å². The monoisotopic (exact) mass is 473 g/mol. The molecule has 2 aromatic carbocycles. The van der Waals surface area contributed by atoms with Gasteiger partial charge < -0.3 is 24.5 Å². The molecule has 0 bridgehead atoms. The van der Waals surface area contributed by atoms with Crippen LogP contribution in [-0.4, -0.2) is 54.4 Å². The molecule has 2 N–H and O–H groups in total. The average molecular weight is 474 g/mol. The van der Waals surface area contributed by atoms with Gasteiger partial charge in [0.15, 0.2) is 0 Å². The van der Waals surface area contributed by atoms with Crippen molar-refractivity contribution in [2.24, 2.45) is 0 Å². The van der Waals surface area contributed by atoms with Crippen molar-refractivity contribution in [3.05, 3.63) is 81.8 Å². The molecule has 1 fully saturated rings. The van der Waals surface area contributed by atoms with Crippen molar-refractivity contribution in [3.8, 4) is 28.7 Å². The van der Waals surface area contributed by atoms with E-state index in [1.54, 1.807) is 20.1 Å². The topological polar surface area (TPSA) is 98.6 Å². The summed E-state index contributed by atoms with van der Waals surface area (Å²) in [7, 11) is 1.72. The average Bonchev–Trinajstić information content (AvgIpc) is 2.88. The summed E-state index contributed by atoms with van der Waals surface area (Å²) in [4.78, 5) is 16.8. The lowest BCUT2D eigenvalue weighted by Gasteiger charge is -2.33. The number of para-hydroxylation sites is 1. The number of aliphatic hydroxyl groups is 1. The number of hydrogen-bond donors (Lipinski definition) is 2. The van der Waals surface area contributed by atoms with Crippen molar-refractivity contribution >= 4 is 0 Å². The lowest BCUT2D eigenvalue weighted by molar-refractivity contribution is 0.0593. The van der Waals surface area contributed by atoms with Gasteiger partial charge in [-0.15, -0.1) is 0 Å². The number of aromatic nitrogens is 1. The largest absolute Gasteiger partial charge is 0.496 e. The van der Waals surface area contributed by atoms with Crippen LogP contribution in [0, 0.1) is 18.3 Å². The number of nitrogens with one attached hydrogen (secondary N) is 1. The predicted molar refractivity (Wildman–Crippen MR) is 135 cm³/mol. The summed E-state index contributed by atoms with van der Waals surface area (Å²) in [6.07, 6.45) is 1.48. The second-order valence-electron chi connectivity index (χ2n) is 8.97. The lowest BCUT2D eigenvalue weighted by atomic mass is 9.88. The first-order valence-electron chi connectivity index (χ1n) is 11.9. The Balaban J connectivity index is 1.27. The first-order valence-corrected chi connectivity index (χ1v) is 11.9. The smallest absolute Gasteiger partial charge is 0.266 e. The van der Waals surface area contributed by atoms with E-state index in [1.807, 2.05) is 42.5 Å². The van der Waals surface area contributed by atoms with Crippen LogP contribution in [0.15, 0.2) is 59.4 Å². The predicted octanol–water partition coefficient (Wildman–Crippen LogP) is 3.85. The van der Waals surface area contributed by atoms with Gasteiger partial charge in [-0.1, -0.05) is 30.3 Å². The van der Waals surface area contributed by atoms with Crippen molar-refractivity contribution in [2.75, 3.05) is 33.4 Å². The standard InChI is InChI=1S/C28H31N3O4/c1-19-26(15-22(16-29)28(33)30-19)20-7-9-24(10-8-20)35-18-23(32)17-31-13-11-21(12-14-31)25-5-3-4-6-27(25)34-2/h3-10,15,21,23,32H,11-14,17-18H2,1-2H3,(H,30,33)/t23-/m1/s1. The highest BCUT2D eigenvalue weighted by molar-refractivity contribution is 5.67. The molecule has 0 spiro atoms. The highest BCUT2D eigenvalue weighted by Crippen LogP contribution is 2.34. The van der Waals surface area contributed by atoms with E-state index in [-0.39, 0.29) is 17.7 Å². The molecule has 1 aliphatic rings. The maximum atomic E-state index is 11.8. The number of aromatic amines is 1. The van der Waals surface area contributed by atoms with Crippen LogP contribution < -0.4 is 15.0 Å². The summed E-state index contributed by atoms with van der Waals surface area (Å²) in [6.45, 7) is 4.44. The van der Waals surface area contributed by atoms with Gasteiger partial charge in [0.1, 0.15) is 35.8 Å². The van der Waals surface area contributed by atoms with Crippen LogP contribution in [-0.2, 0) is 0 Å². The van der Waals surface area contributed by atoms with Gasteiger partial charge in [-0.05, 0) is 74.2 Å². The maximum Gasteiger partial charge on any atom is 0.266 e. The van der Waals surface area contributed by atoms with Crippen LogP contribution in [0.4, 0.5) is 0 Å². The number of nitrogens with zero attached hydrogens (tertiary/aromatic N) is 2. The molecule has 4 rings (SSSR count). The van der Waals surface area contributed by atoms with Crippen LogP contribution in [0.2, 0.25) is 0 Å². The fourth-order valence-corrected chi connectivity index (χ4v) is 4.71. The summed E-state index contributed by atoms with van der Waals surface area (Å²) in [6, 6.07) is 19.2. The number of nitriles is 1. The first kappa shape index (κ1) is 24.5. The molecule has 0 radical (unpaired) electrons. The molecule has 0 aliphatic carbocycles. The van der Waals surface area contributed by atoms with E-state index in [1.165, 1.54) is 5.56 Å². The number of aliphatic hydroxyl groups excluding tert-OH is 1. The number of piperidine rings is 1. The molecular formula is C28H31N3O4. The summed E-state index contributed by atoms with van der Waals surface area (Å²) in [5.74, 6) is 2.08. The van der Waals surface area contributed by atoms with Crippen molar-refractivity contribution in [1.29, 1.82) is 5.26 Å². The van der Waals surface area contributed by atoms with E-state index in [4.69, 9.17) is 14.7 Å². The van der Waals surface area contributed by atoms with Crippen molar-refractivity contribution in [2.45, 2.75) is 31.8 Å². The van der Waals surface area contributed by atoms with Gasteiger partial charge in [-0.2, -0.15) is 5.26 Å². The molecule has 0 unspecified atom stereocenters.